The molecule has 0 radical (unpaired) electrons. The van der Waals surface area contributed by atoms with Gasteiger partial charge in [0.1, 0.15) is 0 Å². The molecule has 0 aliphatic carbocycles. The molecule has 2 N–H and O–H groups in total. The molecule has 0 bridgehead atoms. The molecule has 0 aliphatic rings. The molecule has 1 heterocycles. The monoisotopic (exact) mass is 300 g/mol. The second-order valence-corrected chi connectivity index (χ2v) is 5.68. The highest BCUT2D eigenvalue weighted by Gasteiger charge is 2.05. The Morgan fingerprint density at radius 3 is 2.64 bits per heavy atom. The summed E-state index contributed by atoms with van der Waals surface area (Å²) in [5.74, 6) is -0.0491. The van der Waals surface area contributed by atoms with Crippen molar-refractivity contribution in [1.29, 1.82) is 0 Å². The van der Waals surface area contributed by atoms with Crippen molar-refractivity contribution in [3.63, 3.8) is 0 Å². The van der Waals surface area contributed by atoms with Gasteiger partial charge in [-0.2, -0.15) is 5.10 Å². The number of carbonyl (C=O) groups is 1. The number of H-pyrrole nitrogens is 1. The van der Waals surface area contributed by atoms with Gasteiger partial charge in [0.2, 0.25) is 5.91 Å². The first-order valence-corrected chi connectivity index (χ1v) is 7.65. The maximum absolute atomic E-state index is 11.0. The minimum absolute atomic E-state index is 0.0491. The van der Waals surface area contributed by atoms with Crippen molar-refractivity contribution >= 4 is 11.6 Å². The van der Waals surface area contributed by atoms with E-state index in [2.05, 4.69) is 40.5 Å². The third kappa shape index (κ3) is 5.00. The van der Waals surface area contributed by atoms with Crippen LogP contribution in [0.2, 0.25) is 0 Å². The number of carbonyl (C=O) groups excluding carboxylic acids is 1. The van der Waals surface area contributed by atoms with Crippen LogP contribution in [0.4, 0.5) is 5.69 Å². The molecule has 1 aromatic heterocycles. The van der Waals surface area contributed by atoms with Crippen LogP contribution in [0.3, 0.4) is 0 Å². The van der Waals surface area contributed by atoms with Crippen molar-refractivity contribution in [3.05, 3.63) is 47.3 Å². The van der Waals surface area contributed by atoms with E-state index in [-0.39, 0.29) is 5.91 Å². The van der Waals surface area contributed by atoms with Crippen LogP contribution < -0.4 is 5.32 Å². The number of aromatic amines is 1. The van der Waals surface area contributed by atoms with Gasteiger partial charge in [-0.25, -0.2) is 0 Å². The highest BCUT2D eigenvalue weighted by molar-refractivity contribution is 5.88. The summed E-state index contributed by atoms with van der Waals surface area (Å²) in [6.45, 7) is 5.36. The molecule has 0 spiro atoms. The second-order valence-electron chi connectivity index (χ2n) is 5.68. The molecule has 0 saturated carbocycles. The van der Waals surface area contributed by atoms with E-state index in [1.165, 1.54) is 12.5 Å². The SMILES string of the molecule is CCCc1cc(CN(C)Cc2ccc(NC(C)=O)cc2)[nH]n1. The molecule has 0 saturated heterocycles. The first-order valence-electron chi connectivity index (χ1n) is 7.65. The number of benzene rings is 1. The average Bonchev–Trinajstić information content (AvgIpc) is 2.88. The quantitative estimate of drug-likeness (QED) is 0.826. The van der Waals surface area contributed by atoms with Gasteiger partial charge in [0.25, 0.3) is 0 Å². The van der Waals surface area contributed by atoms with Crippen molar-refractivity contribution in [3.8, 4) is 0 Å². The first kappa shape index (κ1) is 16.2. The maximum atomic E-state index is 11.0. The maximum Gasteiger partial charge on any atom is 0.221 e. The lowest BCUT2D eigenvalue weighted by Crippen LogP contribution is -2.17. The summed E-state index contributed by atoms with van der Waals surface area (Å²) < 4.78 is 0. The van der Waals surface area contributed by atoms with Gasteiger partial charge in [-0.15, -0.1) is 0 Å². The minimum atomic E-state index is -0.0491. The van der Waals surface area contributed by atoms with Crippen LogP contribution in [0.5, 0.6) is 0 Å². The molecular formula is C17H24N4O. The van der Waals surface area contributed by atoms with E-state index in [0.717, 1.165) is 43.0 Å². The molecule has 22 heavy (non-hydrogen) atoms. The molecule has 0 atom stereocenters. The number of nitrogens with zero attached hydrogens (tertiary/aromatic N) is 2. The van der Waals surface area contributed by atoms with Crippen LogP contribution >= 0.6 is 0 Å². The first-order chi connectivity index (χ1) is 10.6. The van der Waals surface area contributed by atoms with Gasteiger partial charge in [0.05, 0.1) is 5.69 Å². The van der Waals surface area contributed by atoms with Gasteiger partial charge >= 0.3 is 0 Å². The highest BCUT2D eigenvalue weighted by atomic mass is 16.1. The highest BCUT2D eigenvalue weighted by Crippen LogP contribution is 2.12. The van der Waals surface area contributed by atoms with E-state index < -0.39 is 0 Å². The number of rotatable bonds is 7. The number of nitrogens with one attached hydrogen (secondary N) is 2. The molecule has 5 nitrogen and oxygen atoms in total. The van der Waals surface area contributed by atoms with E-state index in [4.69, 9.17) is 0 Å². The van der Waals surface area contributed by atoms with E-state index >= 15 is 0 Å². The smallest absolute Gasteiger partial charge is 0.221 e. The second kappa shape index (κ2) is 7.75. The van der Waals surface area contributed by atoms with Crippen molar-refractivity contribution in [2.75, 3.05) is 12.4 Å². The van der Waals surface area contributed by atoms with Crippen molar-refractivity contribution < 1.29 is 4.79 Å². The van der Waals surface area contributed by atoms with Gasteiger partial charge < -0.3 is 5.32 Å². The minimum Gasteiger partial charge on any atom is -0.326 e. The molecule has 0 aliphatic heterocycles. The number of hydrogen-bond acceptors (Lipinski definition) is 3. The van der Waals surface area contributed by atoms with Gasteiger partial charge in [0.15, 0.2) is 0 Å². The largest absolute Gasteiger partial charge is 0.326 e. The van der Waals surface area contributed by atoms with Gasteiger partial charge in [-0.1, -0.05) is 25.5 Å². The molecule has 2 aromatic rings. The molecule has 0 unspecified atom stereocenters. The number of aryl methyl sites for hydroxylation is 1. The summed E-state index contributed by atoms with van der Waals surface area (Å²) in [5.41, 5.74) is 4.31. The van der Waals surface area contributed by atoms with Crippen molar-refractivity contribution in [1.82, 2.24) is 15.1 Å². The molecule has 5 heteroatoms. The predicted octanol–water partition coefficient (Wildman–Crippen LogP) is 2.95. The van der Waals surface area contributed by atoms with Crippen molar-refractivity contribution in [2.24, 2.45) is 0 Å². The fourth-order valence-electron chi connectivity index (χ4n) is 2.43. The standard InChI is InChI=1S/C17H24N4O/c1-4-5-16-10-17(20-19-16)12-21(3)11-14-6-8-15(9-7-14)18-13(2)22/h6-10H,4-5,11-12H2,1-3H3,(H,18,22)(H,19,20). The molecule has 0 fully saturated rings. The van der Waals surface area contributed by atoms with Crippen LogP contribution in [0.1, 0.15) is 37.2 Å². The van der Waals surface area contributed by atoms with E-state index in [1.807, 2.05) is 24.3 Å². The Morgan fingerprint density at radius 2 is 2.00 bits per heavy atom. The molecule has 1 amide bonds. The zero-order valence-electron chi connectivity index (χ0n) is 13.5. The summed E-state index contributed by atoms with van der Waals surface area (Å²) in [6, 6.07) is 10.1. The Labute approximate surface area is 131 Å². The zero-order chi connectivity index (χ0) is 15.9. The summed E-state index contributed by atoms with van der Waals surface area (Å²) >= 11 is 0. The summed E-state index contributed by atoms with van der Waals surface area (Å²) in [6.07, 6.45) is 2.13. The van der Waals surface area contributed by atoms with Crippen LogP contribution in [0.25, 0.3) is 0 Å². The molecule has 2 rings (SSSR count). The average molecular weight is 300 g/mol. The zero-order valence-corrected chi connectivity index (χ0v) is 13.5. The van der Waals surface area contributed by atoms with E-state index in [1.54, 1.807) is 0 Å². The molecule has 1 aromatic carbocycles. The molecule has 118 valence electrons. The van der Waals surface area contributed by atoms with Crippen LogP contribution in [0.15, 0.2) is 30.3 Å². The predicted molar refractivity (Wildman–Crippen MR) is 88.5 cm³/mol. The molecular weight excluding hydrogens is 276 g/mol. The number of hydrogen-bond donors (Lipinski definition) is 2. The number of aromatic nitrogens is 2. The lowest BCUT2D eigenvalue weighted by Gasteiger charge is -2.15. The normalized spacial score (nSPS) is 10.9. The Kier molecular flexibility index (Phi) is 5.72. The fraction of sp³-hybridized carbons (Fsp3) is 0.412. The third-order valence-corrected chi connectivity index (χ3v) is 3.36. The Bertz CT molecular complexity index is 603. The topological polar surface area (TPSA) is 61.0 Å². The van der Waals surface area contributed by atoms with Crippen LogP contribution in [-0.4, -0.2) is 28.1 Å². The Morgan fingerprint density at radius 1 is 1.27 bits per heavy atom. The summed E-state index contributed by atoms with van der Waals surface area (Å²) in [4.78, 5) is 13.2. The van der Waals surface area contributed by atoms with E-state index in [9.17, 15) is 4.79 Å². The Balaban J connectivity index is 1.87. The summed E-state index contributed by atoms with van der Waals surface area (Å²) in [7, 11) is 2.09. The summed E-state index contributed by atoms with van der Waals surface area (Å²) in [5, 5.41) is 10.2. The fourth-order valence-corrected chi connectivity index (χ4v) is 2.43. The van der Waals surface area contributed by atoms with Gasteiger partial charge in [-0.05, 0) is 37.2 Å². The third-order valence-electron chi connectivity index (χ3n) is 3.36. The van der Waals surface area contributed by atoms with Gasteiger partial charge in [-0.3, -0.25) is 14.8 Å². The number of anilines is 1. The lowest BCUT2D eigenvalue weighted by atomic mass is 10.2. The van der Waals surface area contributed by atoms with Crippen LogP contribution in [-0.2, 0) is 24.3 Å². The van der Waals surface area contributed by atoms with Gasteiger partial charge in [0, 0.05) is 31.4 Å². The Hall–Kier alpha value is -2.14. The number of amides is 1. The van der Waals surface area contributed by atoms with Crippen molar-refractivity contribution in [2.45, 2.75) is 39.8 Å². The van der Waals surface area contributed by atoms with Crippen LogP contribution in [0, 0.1) is 0 Å². The van der Waals surface area contributed by atoms with E-state index in [0.29, 0.717) is 0 Å². The lowest BCUT2D eigenvalue weighted by molar-refractivity contribution is -0.114.